The number of hydrogen-bond donors (Lipinski definition) is 1. The summed E-state index contributed by atoms with van der Waals surface area (Å²) < 4.78 is 10.3. The molecule has 0 aliphatic carbocycles. The second-order valence-electron chi connectivity index (χ2n) is 10.3. The molecule has 5 nitrogen and oxygen atoms in total. The summed E-state index contributed by atoms with van der Waals surface area (Å²) in [4.78, 5) is 25.5. The fraction of sp³-hybridized carbons (Fsp3) is 0.913. The third-order valence-electron chi connectivity index (χ3n) is 5.86. The minimum atomic E-state index is -0.664. The molecule has 0 aromatic carbocycles. The minimum Gasteiger partial charge on any atom is -0.469 e. The van der Waals surface area contributed by atoms with Crippen LogP contribution in [0.3, 0.4) is 0 Å². The van der Waals surface area contributed by atoms with Crippen LogP contribution in [-0.4, -0.2) is 39.2 Å². The molecule has 3 atom stereocenters. The molecule has 1 N–H and O–H groups in total. The molecule has 2 unspecified atom stereocenters. The Hall–Kier alpha value is -1.10. The average Bonchev–Trinajstić information content (AvgIpc) is 2.57. The Kier molecular flexibility index (Phi) is 10.7. The molecule has 0 aliphatic rings. The zero-order chi connectivity index (χ0) is 22.2. The lowest BCUT2D eigenvalue weighted by atomic mass is 9.57. The maximum Gasteiger partial charge on any atom is 0.312 e. The van der Waals surface area contributed by atoms with Gasteiger partial charge in [-0.25, -0.2) is 0 Å². The third kappa shape index (κ3) is 7.73. The van der Waals surface area contributed by atoms with Crippen molar-refractivity contribution >= 4 is 11.9 Å². The van der Waals surface area contributed by atoms with Gasteiger partial charge in [0.1, 0.15) is 0 Å². The lowest BCUT2D eigenvalue weighted by Gasteiger charge is -2.47. The molecule has 0 aliphatic heterocycles. The van der Waals surface area contributed by atoms with Gasteiger partial charge in [-0.05, 0) is 42.9 Å². The van der Waals surface area contributed by atoms with Crippen LogP contribution in [0, 0.1) is 28.1 Å². The second-order valence-corrected chi connectivity index (χ2v) is 10.3. The molecule has 0 radical (unpaired) electrons. The minimum absolute atomic E-state index is 0.131. The van der Waals surface area contributed by atoms with Crippen LogP contribution >= 0.6 is 0 Å². The topological polar surface area (TPSA) is 64.6 Å². The van der Waals surface area contributed by atoms with Crippen LogP contribution in [0.2, 0.25) is 0 Å². The summed E-state index contributed by atoms with van der Waals surface area (Å²) in [7, 11) is 2.89. The average molecular weight is 400 g/mol. The Bertz CT molecular complexity index is 497. The predicted molar refractivity (Wildman–Crippen MR) is 115 cm³/mol. The summed E-state index contributed by atoms with van der Waals surface area (Å²) in [5.41, 5.74) is -0.908. The Morgan fingerprint density at radius 1 is 0.964 bits per heavy atom. The number of esters is 2. The summed E-state index contributed by atoms with van der Waals surface area (Å²) in [5.74, 6) is -0.375. The van der Waals surface area contributed by atoms with E-state index in [1.165, 1.54) is 14.2 Å². The van der Waals surface area contributed by atoms with Crippen molar-refractivity contribution in [2.24, 2.45) is 28.1 Å². The first kappa shape index (κ1) is 26.9. The van der Waals surface area contributed by atoms with Crippen LogP contribution in [-0.2, 0) is 19.1 Å². The highest BCUT2D eigenvalue weighted by Crippen LogP contribution is 2.51. The van der Waals surface area contributed by atoms with Crippen molar-refractivity contribution < 1.29 is 19.1 Å². The molecule has 0 bridgehead atoms. The first-order chi connectivity index (χ1) is 12.8. The van der Waals surface area contributed by atoms with E-state index in [9.17, 15) is 9.59 Å². The van der Waals surface area contributed by atoms with E-state index in [4.69, 9.17) is 9.47 Å². The Balaban J connectivity index is 5.81. The second kappa shape index (κ2) is 11.2. The van der Waals surface area contributed by atoms with Gasteiger partial charge in [0.05, 0.1) is 25.6 Å². The Morgan fingerprint density at radius 2 is 1.54 bits per heavy atom. The van der Waals surface area contributed by atoms with E-state index in [1.807, 2.05) is 6.92 Å². The van der Waals surface area contributed by atoms with E-state index in [2.05, 4.69) is 53.8 Å². The number of rotatable bonds is 12. The monoisotopic (exact) mass is 399 g/mol. The van der Waals surface area contributed by atoms with Gasteiger partial charge in [0.25, 0.3) is 0 Å². The maximum absolute atomic E-state index is 12.9. The number of ether oxygens (including phenoxy) is 2. The van der Waals surface area contributed by atoms with Crippen molar-refractivity contribution in [3.8, 4) is 0 Å². The quantitative estimate of drug-likeness (QED) is 0.476. The van der Waals surface area contributed by atoms with E-state index in [0.717, 1.165) is 25.8 Å². The van der Waals surface area contributed by atoms with Crippen molar-refractivity contribution in [3.63, 3.8) is 0 Å². The predicted octanol–water partition coefficient (Wildman–Crippen LogP) is 4.83. The smallest absolute Gasteiger partial charge is 0.312 e. The first-order valence-electron chi connectivity index (χ1n) is 10.6. The maximum atomic E-state index is 12.9. The van der Waals surface area contributed by atoms with Gasteiger partial charge in [0, 0.05) is 13.1 Å². The molecule has 166 valence electrons. The fourth-order valence-electron chi connectivity index (χ4n) is 4.34. The van der Waals surface area contributed by atoms with Crippen LogP contribution in [0.1, 0.15) is 81.1 Å². The van der Waals surface area contributed by atoms with Gasteiger partial charge >= 0.3 is 11.9 Å². The van der Waals surface area contributed by atoms with Gasteiger partial charge in [-0.1, -0.05) is 54.9 Å². The number of methoxy groups -OCH3 is 2. The van der Waals surface area contributed by atoms with Crippen molar-refractivity contribution in [1.82, 2.24) is 5.32 Å². The number of hydrogen-bond acceptors (Lipinski definition) is 5. The largest absolute Gasteiger partial charge is 0.469 e. The molecule has 0 saturated heterocycles. The van der Waals surface area contributed by atoms with E-state index in [1.54, 1.807) is 0 Å². The highest BCUT2D eigenvalue weighted by molar-refractivity contribution is 5.78. The molecule has 0 amide bonds. The van der Waals surface area contributed by atoms with E-state index < -0.39 is 5.41 Å². The molecule has 0 aromatic rings. The van der Waals surface area contributed by atoms with E-state index in [0.29, 0.717) is 18.9 Å². The molecule has 0 fully saturated rings. The molecule has 0 heterocycles. The van der Waals surface area contributed by atoms with Crippen LogP contribution in [0.5, 0.6) is 0 Å². The van der Waals surface area contributed by atoms with Crippen molar-refractivity contribution in [3.05, 3.63) is 0 Å². The lowest BCUT2D eigenvalue weighted by Crippen LogP contribution is -2.48. The summed E-state index contributed by atoms with van der Waals surface area (Å²) >= 11 is 0. The highest BCUT2D eigenvalue weighted by atomic mass is 16.5. The van der Waals surface area contributed by atoms with Crippen molar-refractivity contribution in [2.45, 2.75) is 81.1 Å². The fourth-order valence-corrected chi connectivity index (χ4v) is 4.34. The number of carbonyl (C=O) groups excluding carboxylic acids is 2. The summed E-state index contributed by atoms with van der Waals surface area (Å²) in [5, 5.41) is 3.42. The van der Waals surface area contributed by atoms with Crippen LogP contribution < -0.4 is 5.32 Å². The van der Waals surface area contributed by atoms with E-state index in [-0.39, 0.29) is 28.7 Å². The molecule has 0 aromatic heterocycles. The number of carbonyl (C=O) groups is 2. The van der Waals surface area contributed by atoms with Crippen LogP contribution in [0.25, 0.3) is 0 Å². The molecule has 0 rings (SSSR count). The van der Waals surface area contributed by atoms with Crippen molar-refractivity contribution in [2.75, 3.05) is 27.3 Å². The molecular weight excluding hydrogens is 354 g/mol. The van der Waals surface area contributed by atoms with Crippen LogP contribution in [0.15, 0.2) is 0 Å². The number of nitrogens with one attached hydrogen (secondary N) is 1. The van der Waals surface area contributed by atoms with Gasteiger partial charge < -0.3 is 14.8 Å². The molecular formula is C23H45NO4. The zero-order valence-electron chi connectivity index (χ0n) is 20.0. The van der Waals surface area contributed by atoms with Gasteiger partial charge in [-0.2, -0.15) is 0 Å². The molecule has 0 saturated carbocycles. The van der Waals surface area contributed by atoms with Crippen molar-refractivity contribution in [1.29, 1.82) is 0 Å². The van der Waals surface area contributed by atoms with Gasteiger partial charge in [-0.15, -0.1) is 0 Å². The summed E-state index contributed by atoms with van der Waals surface area (Å²) in [6.07, 6.45) is 3.09. The van der Waals surface area contributed by atoms with Gasteiger partial charge in [-0.3, -0.25) is 9.59 Å². The lowest BCUT2D eigenvalue weighted by molar-refractivity contribution is -0.166. The Morgan fingerprint density at radius 3 is 1.93 bits per heavy atom. The third-order valence-corrected chi connectivity index (χ3v) is 5.86. The molecule has 28 heavy (non-hydrogen) atoms. The summed E-state index contributed by atoms with van der Waals surface area (Å²) in [6, 6.07) is 0. The van der Waals surface area contributed by atoms with Crippen LogP contribution in [0.4, 0.5) is 0 Å². The Labute approximate surface area is 173 Å². The zero-order valence-corrected chi connectivity index (χ0v) is 20.0. The normalized spacial score (nSPS) is 17.5. The standard InChI is InChI=1S/C23H45NO4/c1-11-12-22(7,23(8,13-17(2)3)20(26)28-10)14-18(19(25)27-9)15-24-16-21(4,5)6/h17-18,24H,11-16H2,1-10H3/t18?,22-,23?/m0/s1. The first-order valence-corrected chi connectivity index (χ1v) is 10.6. The van der Waals surface area contributed by atoms with E-state index >= 15 is 0 Å². The van der Waals surface area contributed by atoms with Gasteiger partial charge in [0.2, 0.25) is 0 Å². The summed E-state index contributed by atoms with van der Waals surface area (Å²) in [6.45, 7) is 18.3. The molecule has 5 heteroatoms. The van der Waals surface area contributed by atoms with Gasteiger partial charge in [0.15, 0.2) is 0 Å². The SMILES string of the molecule is CCC[C@@](C)(CC(CNCC(C)(C)C)C(=O)OC)C(C)(CC(C)C)C(=O)OC. The highest BCUT2D eigenvalue weighted by Gasteiger charge is 2.51. The molecule has 0 spiro atoms.